The van der Waals surface area contributed by atoms with Crippen molar-refractivity contribution in [1.82, 2.24) is 24.5 Å². The van der Waals surface area contributed by atoms with Crippen LogP contribution in [-0.2, 0) is 4.74 Å². The van der Waals surface area contributed by atoms with Crippen LogP contribution in [0.25, 0.3) is 5.65 Å². The highest BCUT2D eigenvalue weighted by molar-refractivity contribution is 6.34. The van der Waals surface area contributed by atoms with Crippen molar-refractivity contribution in [2.75, 3.05) is 43.5 Å². The van der Waals surface area contributed by atoms with Crippen molar-refractivity contribution in [1.29, 1.82) is 10.5 Å². The molecular formula is C23H23BClN9O. The van der Waals surface area contributed by atoms with Crippen molar-refractivity contribution in [2.45, 2.75) is 31.1 Å². The van der Waals surface area contributed by atoms with Gasteiger partial charge in [-0.25, -0.2) is 4.98 Å². The zero-order chi connectivity index (χ0) is 24.6. The molecule has 0 unspecified atom stereocenters. The Kier molecular flexibility index (Phi) is 6.24. The summed E-state index contributed by atoms with van der Waals surface area (Å²) in [6, 6.07) is 7.85. The first kappa shape index (κ1) is 23.4. The van der Waals surface area contributed by atoms with Crippen LogP contribution in [0.4, 0.5) is 17.5 Å². The van der Waals surface area contributed by atoms with E-state index in [0.717, 1.165) is 31.5 Å². The third-order valence-electron chi connectivity index (χ3n) is 6.57. The molecule has 0 atom stereocenters. The van der Waals surface area contributed by atoms with Gasteiger partial charge in [0.1, 0.15) is 13.9 Å². The highest BCUT2D eigenvalue weighted by Gasteiger charge is 2.40. The average molecular weight is 488 g/mol. The number of nitrogens with zero attached hydrogens (tertiary/aromatic N) is 7. The fourth-order valence-corrected chi connectivity index (χ4v) is 4.96. The summed E-state index contributed by atoms with van der Waals surface area (Å²) < 4.78 is 6.74. The van der Waals surface area contributed by atoms with E-state index in [-0.39, 0.29) is 23.0 Å². The molecule has 2 radical (unpaired) electrons. The Morgan fingerprint density at radius 1 is 1.26 bits per heavy atom. The van der Waals surface area contributed by atoms with Crippen LogP contribution in [0.2, 0.25) is 5.02 Å². The SMILES string of the molecule is [B]C1(N2CCC(c3cc(C#N)cc(Nc4nc(NCC)c5ncc(C#N)n5n4)c3Cl)CC2)COC1. The lowest BCUT2D eigenvalue weighted by Crippen LogP contribution is -2.64. The lowest BCUT2D eigenvalue weighted by molar-refractivity contribution is -0.0983. The third-order valence-corrected chi connectivity index (χ3v) is 6.99. The van der Waals surface area contributed by atoms with Crippen molar-refractivity contribution in [3.63, 3.8) is 0 Å². The van der Waals surface area contributed by atoms with E-state index in [2.05, 4.69) is 42.7 Å². The van der Waals surface area contributed by atoms with E-state index in [9.17, 15) is 10.5 Å². The molecule has 35 heavy (non-hydrogen) atoms. The monoisotopic (exact) mass is 487 g/mol. The molecule has 5 rings (SSSR count). The highest BCUT2D eigenvalue weighted by Crippen LogP contribution is 2.40. The molecule has 0 aliphatic carbocycles. The summed E-state index contributed by atoms with van der Waals surface area (Å²) in [6.07, 6.45) is 3.20. The topological polar surface area (TPSA) is 127 Å². The van der Waals surface area contributed by atoms with Crippen LogP contribution in [0.1, 0.15) is 42.5 Å². The Balaban J connectivity index is 1.45. The van der Waals surface area contributed by atoms with Gasteiger partial charge in [-0.15, -0.1) is 5.10 Å². The molecule has 0 spiro atoms. The first-order valence-corrected chi connectivity index (χ1v) is 11.9. The molecule has 2 aliphatic rings. The minimum Gasteiger partial charge on any atom is -0.379 e. The van der Waals surface area contributed by atoms with Crippen molar-refractivity contribution < 1.29 is 4.74 Å². The quantitative estimate of drug-likeness (QED) is 0.504. The zero-order valence-corrected chi connectivity index (χ0v) is 20.0. The molecule has 2 fully saturated rings. The number of imidazole rings is 1. The lowest BCUT2D eigenvalue weighted by Gasteiger charge is -2.50. The number of likely N-dealkylation sites (tertiary alicyclic amines) is 1. The van der Waals surface area contributed by atoms with Gasteiger partial charge < -0.3 is 20.3 Å². The highest BCUT2D eigenvalue weighted by atomic mass is 35.5. The molecule has 10 nitrogen and oxygen atoms in total. The molecule has 0 saturated carbocycles. The number of rotatable bonds is 6. The van der Waals surface area contributed by atoms with Gasteiger partial charge in [0.25, 0.3) is 0 Å². The summed E-state index contributed by atoms with van der Waals surface area (Å²) >= 11 is 6.87. The standard InChI is InChI=1S/C23H23BClN9O/c1-2-28-20-21-29-11-16(10-27)34(21)32-22(31-20)30-18-8-14(9-26)7-17(19(18)25)15-3-5-33(6-4-15)23(24)12-35-13-23/h7-8,11,15H,2-6,12-13H2,1H3,(H2,28,30,31,32). The second kappa shape index (κ2) is 9.35. The number of piperidine rings is 1. The van der Waals surface area contributed by atoms with Crippen molar-refractivity contribution in [3.8, 4) is 12.1 Å². The van der Waals surface area contributed by atoms with Crippen molar-refractivity contribution in [2.24, 2.45) is 0 Å². The summed E-state index contributed by atoms with van der Waals surface area (Å²) in [7, 11) is 6.41. The van der Waals surface area contributed by atoms with Crippen LogP contribution in [-0.4, -0.2) is 70.6 Å². The van der Waals surface area contributed by atoms with E-state index < -0.39 is 0 Å². The number of anilines is 3. The molecule has 4 heterocycles. The number of hydrogen-bond acceptors (Lipinski definition) is 9. The van der Waals surface area contributed by atoms with Gasteiger partial charge in [-0.05, 0) is 56.5 Å². The van der Waals surface area contributed by atoms with Gasteiger partial charge in [0.05, 0.1) is 41.8 Å². The molecule has 3 aromatic rings. The molecular weight excluding hydrogens is 465 g/mol. The van der Waals surface area contributed by atoms with Crippen molar-refractivity contribution in [3.05, 3.63) is 40.2 Å². The Hall–Kier alpha value is -3.38. The summed E-state index contributed by atoms with van der Waals surface area (Å²) in [5, 5.41) is 30.4. The molecule has 2 saturated heterocycles. The van der Waals surface area contributed by atoms with Gasteiger partial charge in [-0.3, -0.25) is 0 Å². The van der Waals surface area contributed by atoms with Gasteiger partial charge in [0.2, 0.25) is 5.95 Å². The van der Waals surface area contributed by atoms with Crippen LogP contribution in [0, 0.1) is 22.7 Å². The second-order valence-electron chi connectivity index (χ2n) is 8.83. The van der Waals surface area contributed by atoms with Gasteiger partial charge in [-0.1, -0.05) is 11.6 Å². The smallest absolute Gasteiger partial charge is 0.247 e. The normalized spacial score (nSPS) is 17.9. The molecule has 2 aromatic heterocycles. The fourth-order valence-electron chi connectivity index (χ4n) is 4.65. The predicted octanol–water partition coefficient (Wildman–Crippen LogP) is 2.77. The van der Waals surface area contributed by atoms with Crippen LogP contribution in [0.5, 0.6) is 0 Å². The fraction of sp³-hybridized carbons (Fsp3) is 0.435. The number of fused-ring (bicyclic) bond motifs is 1. The number of aromatic nitrogens is 4. The average Bonchev–Trinajstić information content (AvgIpc) is 3.27. The molecule has 0 bridgehead atoms. The third kappa shape index (κ3) is 4.27. The largest absolute Gasteiger partial charge is 0.379 e. The maximum Gasteiger partial charge on any atom is 0.247 e. The van der Waals surface area contributed by atoms with Crippen molar-refractivity contribution >= 4 is 42.5 Å². The minimum atomic E-state index is -0.369. The Labute approximate surface area is 209 Å². The van der Waals surface area contributed by atoms with E-state index in [4.69, 9.17) is 24.2 Å². The minimum absolute atomic E-state index is 0.191. The van der Waals surface area contributed by atoms with Gasteiger partial charge in [0.15, 0.2) is 17.2 Å². The summed E-state index contributed by atoms with van der Waals surface area (Å²) in [4.78, 5) is 11.0. The molecule has 2 N–H and O–H groups in total. The van der Waals surface area contributed by atoms with Crippen LogP contribution < -0.4 is 10.6 Å². The van der Waals surface area contributed by atoms with E-state index in [1.807, 2.05) is 13.0 Å². The van der Waals surface area contributed by atoms with E-state index in [1.54, 1.807) is 6.07 Å². The maximum atomic E-state index is 9.68. The number of nitriles is 2. The first-order chi connectivity index (χ1) is 17.0. The van der Waals surface area contributed by atoms with Gasteiger partial charge in [0, 0.05) is 12.0 Å². The molecule has 12 heteroatoms. The number of nitrogens with one attached hydrogen (secondary N) is 2. The number of ether oxygens (including phenoxy) is 1. The molecule has 0 amide bonds. The van der Waals surface area contributed by atoms with Crippen LogP contribution in [0.15, 0.2) is 18.3 Å². The Morgan fingerprint density at radius 2 is 2.03 bits per heavy atom. The Morgan fingerprint density at radius 3 is 2.66 bits per heavy atom. The van der Waals surface area contributed by atoms with E-state index in [1.165, 1.54) is 10.7 Å². The molecule has 1 aromatic carbocycles. The molecule has 176 valence electrons. The predicted molar refractivity (Wildman–Crippen MR) is 132 cm³/mol. The van der Waals surface area contributed by atoms with E-state index in [0.29, 0.717) is 47.5 Å². The number of hydrogen-bond donors (Lipinski definition) is 2. The summed E-state index contributed by atoms with van der Waals surface area (Å²) in [5.74, 6) is 0.912. The lowest BCUT2D eigenvalue weighted by atomic mass is 9.72. The Bertz CT molecular complexity index is 1350. The second-order valence-corrected chi connectivity index (χ2v) is 9.20. The van der Waals surface area contributed by atoms with E-state index >= 15 is 0 Å². The number of benzene rings is 1. The maximum absolute atomic E-state index is 9.68. The zero-order valence-electron chi connectivity index (χ0n) is 19.3. The van der Waals surface area contributed by atoms with Gasteiger partial charge >= 0.3 is 0 Å². The number of halogens is 1. The summed E-state index contributed by atoms with van der Waals surface area (Å²) in [6.45, 7) is 5.34. The first-order valence-electron chi connectivity index (χ1n) is 11.5. The van der Waals surface area contributed by atoms with Crippen LogP contribution in [0.3, 0.4) is 0 Å². The summed E-state index contributed by atoms with van der Waals surface area (Å²) in [5.41, 5.74) is 2.30. The van der Waals surface area contributed by atoms with Crippen LogP contribution >= 0.6 is 11.6 Å². The van der Waals surface area contributed by atoms with Gasteiger partial charge in [-0.2, -0.15) is 20.0 Å². The molecule has 2 aliphatic heterocycles.